The van der Waals surface area contributed by atoms with E-state index in [9.17, 15) is 0 Å². The third-order valence-electron chi connectivity index (χ3n) is 3.47. The lowest BCUT2D eigenvalue weighted by atomic mass is 10.2. The van der Waals surface area contributed by atoms with Crippen LogP contribution in [0.15, 0.2) is 30.5 Å². The van der Waals surface area contributed by atoms with E-state index in [1.54, 1.807) is 12.1 Å². The van der Waals surface area contributed by atoms with Crippen molar-refractivity contribution in [2.75, 3.05) is 19.7 Å². The first-order valence-corrected chi connectivity index (χ1v) is 7.77. The van der Waals surface area contributed by atoms with Crippen molar-refractivity contribution in [3.05, 3.63) is 41.2 Å². The number of halogens is 1. The topological polar surface area (TPSA) is 61.2 Å². The summed E-state index contributed by atoms with van der Waals surface area (Å²) in [4.78, 5) is 0. The number of aromatic nitrogens is 3. The Kier molecular flexibility index (Phi) is 5.26. The molecule has 22 heavy (non-hydrogen) atoms. The molecular formula is C15H19ClN4O2. The van der Waals surface area contributed by atoms with Gasteiger partial charge in [0, 0.05) is 24.7 Å². The molecule has 6 nitrogen and oxygen atoms in total. The van der Waals surface area contributed by atoms with Crippen molar-refractivity contribution in [3.8, 4) is 5.75 Å². The molecule has 3 rings (SSSR count). The van der Waals surface area contributed by atoms with Crippen molar-refractivity contribution in [1.29, 1.82) is 0 Å². The quantitative estimate of drug-likeness (QED) is 0.880. The van der Waals surface area contributed by atoms with E-state index in [1.165, 1.54) is 0 Å². The Morgan fingerprint density at radius 1 is 1.36 bits per heavy atom. The summed E-state index contributed by atoms with van der Waals surface area (Å²) in [5, 5.41) is 12.2. The number of nitrogens with zero attached hydrogens (tertiary/aromatic N) is 3. The van der Waals surface area contributed by atoms with Gasteiger partial charge in [-0.3, -0.25) is 4.68 Å². The molecule has 2 heterocycles. The van der Waals surface area contributed by atoms with Gasteiger partial charge in [-0.05, 0) is 30.7 Å². The average Bonchev–Trinajstić information content (AvgIpc) is 3.01. The molecule has 2 aromatic rings. The molecule has 0 saturated carbocycles. The maximum absolute atomic E-state index is 5.84. The van der Waals surface area contributed by atoms with E-state index in [4.69, 9.17) is 21.1 Å². The van der Waals surface area contributed by atoms with E-state index in [1.807, 2.05) is 23.0 Å². The number of morpholine rings is 1. The molecule has 7 heteroatoms. The van der Waals surface area contributed by atoms with Crippen molar-refractivity contribution in [2.45, 2.75) is 25.7 Å². The molecule has 1 N–H and O–H groups in total. The Morgan fingerprint density at radius 3 is 3.00 bits per heavy atom. The fourth-order valence-electron chi connectivity index (χ4n) is 2.28. The predicted molar refractivity (Wildman–Crippen MR) is 83.0 cm³/mol. The van der Waals surface area contributed by atoms with Gasteiger partial charge in [0.15, 0.2) is 0 Å². The Labute approximate surface area is 134 Å². The molecule has 1 aromatic carbocycles. The third-order valence-corrected chi connectivity index (χ3v) is 3.72. The maximum Gasteiger partial charge on any atom is 0.134 e. The Balaban J connectivity index is 1.45. The van der Waals surface area contributed by atoms with Gasteiger partial charge in [0.25, 0.3) is 0 Å². The van der Waals surface area contributed by atoms with E-state index in [0.717, 1.165) is 44.1 Å². The lowest BCUT2D eigenvalue weighted by molar-refractivity contribution is 0.0204. The molecule has 118 valence electrons. The number of nitrogens with one attached hydrogen (secondary N) is 1. The zero-order valence-electron chi connectivity index (χ0n) is 12.2. The first-order chi connectivity index (χ1) is 10.8. The van der Waals surface area contributed by atoms with Gasteiger partial charge in [-0.15, -0.1) is 5.10 Å². The maximum atomic E-state index is 5.84. The van der Waals surface area contributed by atoms with Crippen molar-refractivity contribution in [1.82, 2.24) is 20.3 Å². The lowest BCUT2D eigenvalue weighted by Crippen LogP contribution is -2.38. The van der Waals surface area contributed by atoms with E-state index in [0.29, 0.717) is 11.6 Å². The van der Waals surface area contributed by atoms with E-state index >= 15 is 0 Å². The summed E-state index contributed by atoms with van der Waals surface area (Å²) in [7, 11) is 0. The molecule has 0 amide bonds. The monoisotopic (exact) mass is 322 g/mol. The third kappa shape index (κ3) is 4.43. The van der Waals surface area contributed by atoms with Gasteiger partial charge in [-0.1, -0.05) is 16.8 Å². The molecule has 1 aliphatic rings. The first kappa shape index (κ1) is 15.3. The highest BCUT2D eigenvalue weighted by atomic mass is 35.5. The number of aryl methyl sites for hydroxylation is 1. The van der Waals surface area contributed by atoms with Crippen LogP contribution in [0.1, 0.15) is 12.1 Å². The molecule has 1 saturated heterocycles. The van der Waals surface area contributed by atoms with Crippen molar-refractivity contribution in [3.63, 3.8) is 0 Å². The van der Waals surface area contributed by atoms with Crippen molar-refractivity contribution >= 4 is 11.6 Å². The second kappa shape index (κ2) is 7.58. The number of rotatable bonds is 6. The number of ether oxygens (including phenoxy) is 2. The van der Waals surface area contributed by atoms with E-state index in [2.05, 4.69) is 15.6 Å². The summed E-state index contributed by atoms with van der Waals surface area (Å²) in [6.45, 7) is 3.80. The number of benzene rings is 1. The Bertz CT molecular complexity index is 581. The van der Waals surface area contributed by atoms with Crippen LogP contribution in [-0.4, -0.2) is 40.8 Å². The zero-order chi connectivity index (χ0) is 15.2. The first-order valence-electron chi connectivity index (χ1n) is 7.39. The summed E-state index contributed by atoms with van der Waals surface area (Å²) in [5.41, 5.74) is 0.803. The fraction of sp³-hybridized carbons (Fsp3) is 0.467. The highest BCUT2D eigenvalue weighted by Gasteiger charge is 2.13. The number of hydrogen-bond acceptors (Lipinski definition) is 5. The van der Waals surface area contributed by atoms with E-state index in [-0.39, 0.29) is 6.10 Å². The summed E-state index contributed by atoms with van der Waals surface area (Å²) < 4.78 is 13.1. The molecule has 1 atom stereocenters. The van der Waals surface area contributed by atoms with Crippen LogP contribution in [0, 0.1) is 0 Å². The highest BCUT2D eigenvalue weighted by Crippen LogP contribution is 2.16. The van der Waals surface area contributed by atoms with Crippen LogP contribution in [0.25, 0.3) is 0 Å². The minimum absolute atomic E-state index is 0.256. The molecule has 1 aliphatic heterocycles. The second-order valence-electron chi connectivity index (χ2n) is 5.20. The second-order valence-corrected chi connectivity index (χ2v) is 5.64. The number of hydrogen-bond donors (Lipinski definition) is 1. The summed E-state index contributed by atoms with van der Waals surface area (Å²) in [6, 6.07) is 7.26. The van der Waals surface area contributed by atoms with Gasteiger partial charge in [0.1, 0.15) is 18.1 Å². The minimum Gasteiger partial charge on any atom is -0.487 e. The molecule has 1 unspecified atom stereocenters. The van der Waals surface area contributed by atoms with Gasteiger partial charge >= 0.3 is 0 Å². The lowest BCUT2D eigenvalue weighted by Gasteiger charge is -2.23. The molecule has 0 bridgehead atoms. The van der Waals surface area contributed by atoms with Gasteiger partial charge in [-0.25, -0.2) is 0 Å². The van der Waals surface area contributed by atoms with Gasteiger partial charge < -0.3 is 14.8 Å². The van der Waals surface area contributed by atoms with Crippen LogP contribution in [-0.2, 0) is 17.9 Å². The van der Waals surface area contributed by atoms with Gasteiger partial charge in [0.2, 0.25) is 0 Å². The summed E-state index contributed by atoms with van der Waals surface area (Å²) >= 11 is 5.84. The Morgan fingerprint density at radius 2 is 2.23 bits per heavy atom. The predicted octanol–water partition coefficient (Wildman–Crippen LogP) is 1.89. The van der Waals surface area contributed by atoms with Gasteiger partial charge in [0.05, 0.1) is 18.9 Å². The largest absolute Gasteiger partial charge is 0.487 e. The van der Waals surface area contributed by atoms with Crippen LogP contribution < -0.4 is 10.1 Å². The highest BCUT2D eigenvalue weighted by molar-refractivity contribution is 6.30. The van der Waals surface area contributed by atoms with Crippen LogP contribution in [0.3, 0.4) is 0 Å². The smallest absolute Gasteiger partial charge is 0.134 e. The molecule has 0 spiro atoms. The van der Waals surface area contributed by atoms with Gasteiger partial charge in [-0.2, -0.15) is 0 Å². The van der Waals surface area contributed by atoms with Crippen LogP contribution in [0.4, 0.5) is 0 Å². The molecular weight excluding hydrogens is 304 g/mol. The average molecular weight is 323 g/mol. The molecule has 0 radical (unpaired) electrons. The molecule has 1 fully saturated rings. The van der Waals surface area contributed by atoms with Crippen molar-refractivity contribution in [2.24, 2.45) is 0 Å². The minimum atomic E-state index is 0.256. The normalized spacial score (nSPS) is 18.3. The molecule has 0 aliphatic carbocycles. The Hall–Kier alpha value is -1.63. The SMILES string of the molecule is Clc1ccc(OCc2cn(CCC3CNCCO3)nn2)cc1. The fourth-order valence-corrected chi connectivity index (χ4v) is 2.41. The standard InChI is InChI=1S/C15H19ClN4O2/c16-12-1-3-14(4-2-12)22-11-13-10-20(19-18-13)7-5-15-9-17-6-8-21-15/h1-4,10,15,17H,5-9,11H2. The van der Waals surface area contributed by atoms with Crippen LogP contribution in [0.2, 0.25) is 5.02 Å². The van der Waals surface area contributed by atoms with E-state index < -0.39 is 0 Å². The summed E-state index contributed by atoms with van der Waals surface area (Å²) in [5.74, 6) is 0.764. The van der Waals surface area contributed by atoms with Crippen LogP contribution in [0.5, 0.6) is 5.75 Å². The van der Waals surface area contributed by atoms with Crippen molar-refractivity contribution < 1.29 is 9.47 Å². The summed E-state index contributed by atoms with van der Waals surface area (Å²) in [6.07, 6.45) is 3.09. The van der Waals surface area contributed by atoms with Crippen LogP contribution >= 0.6 is 11.6 Å². The molecule has 1 aromatic heterocycles. The zero-order valence-corrected chi connectivity index (χ0v) is 13.0.